The maximum Gasteiger partial charge on any atom is 0.318 e. The summed E-state index contributed by atoms with van der Waals surface area (Å²) in [5.41, 5.74) is 3.09. The van der Waals surface area contributed by atoms with E-state index < -0.39 is 22.7 Å². The highest BCUT2D eigenvalue weighted by Gasteiger charge is 2.34. The van der Waals surface area contributed by atoms with Crippen LogP contribution < -0.4 is 9.04 Å². The third-order valence-corrected chi connectivity index (χ3v) is 9.67. The molecular formula is C28H31N3O6S2. The lowest BCUT2D eigenvalue weighted by atomic mass is 10.0. The quantitative estimate of drug-likeness (QED) is 0.348. The first-order valence-corrected chi connectivity index (χ1v) is 15.2. The Balaban J connectivity index is 1.22. The number of carboxylic acids is 1. The average molecular weight is 570 g/mol. The molecule has 0 aliphatic carbocycles. The number of hydrogen-bond acceptors (Lipinski definition) is 7. The number of carbonyl (C=O) groups is 1. The molecule has 1 aromatic heterocycles. The largest absolute Gasteiger partial charge is 0.493 e. The zero-order valence-electron chi connectivity index (χ0n) is 21.7. The van der Waals surface area contributed by atoms with Crippen LogP contribution in [-0.2, 0) is 34.4 Å². The zero-order valence-corrected chi connectivity index (χ0v) is 23.3. The van der Waals surface area contributed by atoms with Crippen molar-refractivity contribution in [3.05, 3.63) is 88.5 Å². The Hall–Kier alpha value is -3.28. The highest BCUT2D eigenvalue weighted by molar-refractivity contribution is 8.02. The van der Waals surface area contributed by atoms with Gasteiger partial charge in [0.25, 0.3) is 0 Å². The van der Waals surface area contributed by atoms with Crippen LogP contribution in [0.3, 0.4) is 0 Å². The predicted octanol–water partition coefficient (Wildman–Crippen LogP) is 4.88. The summed E-state index contributed by atoms with van der Waals surface area (Å²) < 4.78 is 41.3. The molecule has 0 saturated carbocycles. The molecule has 206 valence electrons. The van der Waals surface area contributed by atoms with E-state index in [2.05, 4.69) is 16.5 Å². The summed E-state index contributed by atoms with van der Waals surface area (Å²) in [4.78, 5) is 16.3. The number of nitrogens with zero attached hydrogens (tertiary/aromatic N) is 3. The summed E-state index contributed by atoms with van der Waals surface area (Å²) >= 11 is 1.71. The smallest absolute Gasteiger partial charge is 0.318 e. The molecule has 1 atom stereocenters. The molecule has 11 heteroatoms. The summed E-state index contributed by atoms with van der Waals surface area (Å²) in [6.07, 6.45) is 5.10. The van der Waals surface area contributed by atoms with Crippen molar-refractivity contribution in [2.75, 3.05) is 24.0 Å². The van der Waals surface area contributed by atoms with Crippen LogP contribution in [-0.4, -0.2) is 48.5 Å². The Bertz CT molecular complexity index is 1440. The minimum atomic E-state index is -4.06. The summed E-state index contributed by atoms with van der Waals surface area (Å²) in [6, 6.07) is 14.4. The van der Waals surface area contributed by atoms with E-state index in [1.54, 1.807) is 48.2 Å². The summed E-state index contributed by atoms with van der Waals surface area (Å²) in [5.74, 6) is 0.967. The highest BCUT2D eigenvalue weighted by atomic mass is 32.2. The number of hydrogen-bond donors (Lipinski definition) is 1. The lowest BCUT2D eigenvalue weighted by Gasteiger charge is -2.34. The van der Waals surface area contributed by atoms with E-state index in [1.165, 1.54) is 4.31 Å². The van der Waals surface area contributed by atoms with Crippen LogP contribution in [0.2, 0.25) is 0 Å². The fraction of sp³-hybridized carbons (Fsp3) is 0.357. The summed E-state index contributed by atoms with van der Waals surface area (Å²) in [6.45, 7) is 1.94. The van der Waals surface area contributed by atoms with Crippen LogP contribution in [0.5, 0.6) is 5.75 Å². The average Bonchev–Trinajstić information content (AvgIpc) is 3.59. The van der Waals surface area contributed by atoms with Gasteiger partial charge >= 0.3 is 16.2 Å². The van der Waals surface area contributed by atoms with Gasteiger partial charge in [-0.2, -0.15) is 12.7 Å². The molecule has 0 saturated heterocycles. The first-order valence-electron chi connectivity index (χ1n) is 12.9. The van der Waals surface area contributed by atoms with E-state index in [9.17, 15) is 18.3 Å². The molecule has 9 nitrogen and oxygen atoms in total. The number of aliphatic carboxylic acids is 1. The van der Waals surface area contributed by atoms with Gasteiger partial charge in [-0.3, -0.25) is 9.10 Å². The van der Waals surface area contributed by atoms with E-state index in [0.717, 1.165) is 40.1 Å². The van der Waals surface area contributed by atoms with Gasteiger partial charge in [-0.05, 0) is 60.9 Å². The molecule has 0 spiro atoms. The number of aryl methyl sites for hydroxylation is 2. The van der Waals surface area contributed by atoms with Crippen molar-refractivity contribution in [1.29, 1.82) is 0 Å². The Kier molecular flexibility index (Phi) is 8.29. The van der Waals surface area contributed by atoms with Gasteiger partial charge in [0, 0.05) is 19.5 Å². The van der Waals surface area contributed by atoms with E-state index in [1.807, 2.05) is 19.1 Å². The van der Waals surface area contributed by atoms with Gasteiger partial charge in [0.05, 0.1) is 23.2 Å². The van der Waals surface area contributed by atoms with Crippen molar-refractivity contribution in [1.82, 2.24) is 9.29 Å². The molecule has 2 aliphatic heterocycles. The van der Waals surface area contributed by atoms with Crippen LogP contribution in [0, 0.1) is 6.92 Å². The van der Waals surface area contributed by atoms with Crippen molar-refractivity contribution < 1.29 is 27.5 Å². The summed E-state index contributed by atoms with van der Waals surface area (Å²) in [7, 11) is -4.06. The zero-order chi connectivity index (χ0) is 27.4. The predicted molar refractivity (Wildman–Crippen MR) is 150 cm³/mol. The monoisotopic (exact) mass is 569 g/mol. The Morgan fingerprint density at radius 2 is 2.03 bits per heavy atom. The number of thioether (sulfide) groups is 1. The second kappa shape index (κ2) is 11.8. The van der Waals surface area contributed by atoms with Crippen LogP contribution in [0.4, 0.5) is 5.69 Å². The fourth-order valence-corrected chi connectivity index (χ4v) is 7.27. The van der Waals surface area contributed by atoms with Crippen molar-refractivity contribution >= 4 is 33.6 Å². The van der Waals surface area contributed by atoms with Gasteiger partial charge in [0.2, 0.25) is 5.89 Å². The molecule has 0 radical (unpaired) electrons. The first-order chi connectivity index (χ1) is 18.8. The van der Waals surface area contributed by atoms with Gasteiger partial charge in [-0.25, -0.2) is 4.98 Å². The molecule has 0 fully saturated rings. The number of ether oxygens (including phenoxy) is 1. The van der Waals surface area contributed by atoms with E-state index in [-0.39, 0.29) is 11.8 Å². The fourth-order valence-electron chi connectivity index (χ4n) is 4.77. The molecule has 0 bridgehead atoms. The molecule has 2 aliphatic rings. The van der Waals surface area contributed by atoms with Crippen molar-refractivity contribution in [3.63, 3.8) is 0 Å². The topological polar surface area (TPSA) is 113 Å². The molecule has 1 unspecified atom stereocenters. The number of aromatic nitrogens is 1. The van der Waals surface area contributed by atoms with Crippen molar-refractivity contribution in [2.45, 2.75) is 44.4 Å². The number of carboxylic acid groups (broad SMARTS) is 1. The van der Waals surface area contributed by atoms with Crippen molar-refractivity contribution in [2.24, 2.45) is 0 Å². The number of oxazole rings is 1. The van der Waals surface area contributed by atoms with Gasteiger partial charge < -0.3 is 14.3 Å². The van der Waals surface area contributed by atoms with E-state index in [4.69, 9.17) is 9.15 Å². The Morgan fingerprint density at radius 3 is 2.77 bits per heavy atom. The van der Waals surface area contributed by atoms with Gasteiger partial charge in [-0.1, -0.05) is 36.4 Å². The number of fused-ring (bicyclic) bond motifs is 1. The molecule has 1 N–H and O–H groups in total. The molecule has 3 aromatic rings. The Labute approximate surface area is 232 Å². The molecule has 3 heterocycles. The number of para-hydroxylation sites is 1. The lowest BCUT2D eigenvalue weighted by Crippen LogP contribution is -2.47. The number of benzene rings is 2. The minimum Gasteiger partial charge on any atom is -0.493 e. The molecule has 39 heavy (non-hydrogen) atoms. The second-order valence-electron chi connectivity index (χ2n) is 9.50. The van der Waals surface area contributed by atoms with Gasteiger partial charge in [-0.15, -0.1) is 11.8 Å². The maximum absolute atomic E-state index is 13.6. The second-order valence-corrected chi connectivity index (χ2v) is 12.5. The SMILES string of the molecule is Cc1oc(C2CC=CS2)nc1CCOc1ccc(CN(CC(=O)O)S(=O)(=O)N2CCCc3ccccc32)cc1. The highest BCUT2D eigenvalue weighted by Crippen LogP contribution is 2.38. The normalized spacial score (nSPS) is 17.0. The molecule has 0 amide bonds. The van der Waals surface area contributed by atoms with Crippen LogP contribution in [0.15, 0.2) is 64.4 Å². The minimum absolute atomic E-state index is 0.0669. The number of rotatable bonds is 11. The lowest BCUT2D eigenvalue weighted by molar-refractivity contribution is -0.137. The summed E-state index contributed by atoms with van der Waals surface area (Å²) in [5, 5.41) is 11.8. The van der Waals surface area contributed by atoms with Crippen LogP contribution >= 0.6 is 11.8 Å². The van der Waals surface area contributed by atoms with Gasteiger partial charge in [0.1, 0.15) is 18.1 Å². The standard InChI is InChI=1S/C28H31N3O6S2/c1-20-24(29-28(37-20)26-9-5-17-38-26)14-16-36-23-12-10-21(11-13-23)18-30(19-27(32)33)39(34,35)31-15-4-7-22-6-2-3-8-25(22)31/h2-3,5-6,8,10-13,17,26H,4,7,9,14-16,18-19H2,1H3,(H,32,33). The molecular weight excluding hydrogens is 538 g/mol. The Morgan fingerprint density at radius 1 is 1.23 bits per heavy atom. The van der Waals surface area contributed by atoms with Crippen LogP contribution in [0.25, 0.3) is 0 Å². The first kappa shape index (κ1) is 27.3. The molecule has 5 rings (SSSR count). The number of anilines is 1. The van der Waals surface area contributed by atoms with Crippen molar-refractivity contribution in [3.8, 4) is 5.75 Å². The van der Waals surface area contributed by atoms with E-state index in [0.29, 0.717) is 43.0 Å². The van der Waals surface area contributed by atoms with E-state index >= 15 is 0 Å². The van der Waals surface area contributed by atoms with Gasteiger partial charge in [0.15, 0.2) is 0 Å². The maximum atomic E-state index is 13.6. The third kappa shape index (κ3) is 6.32. The third-order valence-electron chi connectivity index (χ3n) is 6.75. The van der Waals surface area contributed by atoms with Crippen LogP contribution in [0.1, 0.15) is 46.6 Å². The number of allylic oxidation sites excluding steroid dienone is 1. The molecule has 2 aromatic carbocycles.